The van der Waals surface area contributed by atoms with Gasteiger partial charge in [0, 0.05) is 18.2 Å². The predicted molar refractivity (Wildman–Crippen MR) is 83.6 cm³/mol. The molecule has 1 aliphatic heterocycles. The topological polar surface area (TPSA) is 83.2 Å². The summed E-state index contributed by atoms with van der Waals surface area (Å²) in [5.74, 6) is -1.49. The standard InChI is InChI=1S/C16H19F3N4O2/c1-20-12(8-15(24)5-6-21-9-15)10-3-2-4-11(7-10)13-22-14(25-23-13)16(17,18)19/h2-4,7,12,20-21,24H,5-6,8-9H2,1H3/t12-,15-/m0/s1. The number of β-amino-alcohol motifs (C(OH)–C–C–N with tert-alkyl or cyclic N) is 1. The third kappa shape index (κ3) is 4.00. The van der Waals surface area contributed by atoms with E-state index in [-0.39, 0.29) is 11.9 Å². The fraction of sp³-hybridized carbons (Fsp3) is 0.500. The molecule has 0 aliphatic carbocycles. The molecule has 0 amide bonds. The van der Waals surface area contributed by atoms with E-state index >= 15 is 0 Å². The first-order valence-electron chi connectivity index (χ1n) is 7.92. The summed E-state index contributed by atoms with van der Waals surface area (Å²) >= 11 is 0. The number of aliphatic hydroxyl groups is 1. The maximum absolute atomic E-state index is 12.6. The SMILES string of the molecule is CN[C@@H](C[C@@]1(O)CCNC1)c1cccc(-c2noc(C(F)(F)F)n2)c1. The van der Waals surface area contributed by atoms with Crippen LogP contribution in [-0.4, -0.2) is 41.0 Å². The molecule has 0 spiro atoms. The number of hydrogen-bond donors (Lipinski definition) is 3. The molecule has 2 heterocycles. The second-order valence-corrected chi connectivity index (χ2v) is 6.24. The van der Waals surface area contributed by atoms with Crippen molar-refractivity contribution < 1.29 is 22.8 Å². The Kier molecular flexibility index (Phi) is 4.81. The van der Waals surface area contributed by atoms with E-state index in [2.05, 4.69) is 25.3 Å². The molecule has 1 aromatic heterocycles. The van der Waals surface area contributed by atoms with Gasteiger partial charge in [-0.05, 0) is 38.1 Å². The van der Waals surface area contributed by atoms with Crippen LogP contribution < -0.4 is 10.6 Å². The van der Waals surface area contributed by atoms with Gasteiger partial charge in [0.15, 0.2) is 0 Å². The highest BCUT2D eigenvalue weighted by Gasteiger charge is 2.38. The molecule has 0 unspecified atom stereocenters. The smallest absolute Gasteiger partial charge is 0.388 e. The monoisotopic (exact) mass is 356 g/mol. The minimum Gasteiger partial charge on any atom is -0.388 e. The lowest BCUT2D eigenvalue weighted by Gasteiger charge is -2.27. The molecule has 3 N–H and O–H groups in total. The van der Waals surface area contributed by atoms with E-state index in [1.165, 1.54) is 0 Å². The molecular weight excluding hydrogens is 337 g/mol. The van der Waals surface area contributed by atoms with E-state index in [1.54, 1.807) is 25.2 Å². The Balaban J connectivity index is 1.83. The van der Waals surface area contributed by atoms with Gasteiger partial charge in [-0.3, -0.25) is 0 Å². The van der Waals surface area contributed by atoms with E-state index in [0.29, 0.717) is 24.9 Å². The van der Waals surface area contributed by atoms with Crippen molar-refractivity contribution >= 4 is 0 Å². The van der Waals surface area contributed by atoms with Crippen molar-refractivity contribution in [2.75, 3.05) is 20.1 Å². The van der Waals surface area contributed by atoms with Crippen LogP contribution in [0.4, 0.5) is 13.2 Å². The summed E-state index contributed by atoms with van der Waals surface area (Å²) in [5.41, 5.74) is 0.450. The summed E-state index contributed by atoms with van der Waals surface area (Å²) < 4.78 is 42.1. The van der Waals surface area contributed by atoms with Gasteiger partial charge in [0.25, 0.3) is 0 Å². The van der Waals surface area contributed by atoms with E-state index in [1.807, 2.05) is 6.07 Å². The Bertz CT molecular complexity index is 726. The molecule has 1 fully saturated rings. The van der Waals surface area contributed by atoms with Gasteiger partial charge in [-0.1, -0.05) is 23.4 Å². The largest absolute Gasteiger partial charge is 0.471 e. The summed E-state index contributed by atoms with van der Waals surface area (Å²) in [4.78, 5) is 3.41. The molecule has 1 aliphatic rings. The van der Waals surface area contributed by atoms with E-state index in [0.717, 1.165) is 12.1 Å². The summed E-state index contributed by atoms with van der Waals surface area (Å²) in [7, 11) is 1.78. The van der Waals surface area contributed by atoms with Crippen LogP contribution >= 0.6 is 0 Å². The molecular formula is C16H19F3N4O2. The zero-order chi connectivity index (χ0) is 18.1. The number of aromatic nitrogens is 2. The van der Waals surface area contributed by atoms with E-state index in [4.69, 9.17) is 0 Å². The van der Waals surface area contributed by atoms with Gasteiger partial charge in [0.1, 0.15) is 0 Å². The Hall–Kier alpha value is -1.97. The van der Waals surface area contributed by atoms with Crippen LogP contribution in [-0.2, 0) is 6.18 Å². The summed E-state index contributed by atoms with van der Waals surface area (Å²) in [6.07, 6.45) is -3.53. The maximum atomic E-state index is 12.6. The van der Waals surface area contributed by atoms with Crippen LogP contribution in [0.5, 0.6) is 0 Å². The molecule has 0 radical (unpaired) electrons. The zero-order valence-corrected chi connectivity index (χ0v) is 13.6. The summed E-state index contributed by atoms with van der Waals surface area (Å²) in [6, 6.07) is 6.74. The summed E-state index contributed by atoms with van der Waals surface area (Å²) in [6.45, 7) is 1.28. The van der Waals surface area contributed by atoms with Crippen molar-refractivity contribution in [2.24, 2.45) is 0 Å². The number of alkyl halides is 3. The summed E-state index contributed by atoms with van der Waals surface area (Å²) in [5, 5.41) is 20.3. The van der Waals surface area contributed by atoms with Crippen LogP contribution in [0.15, 0.2) is 28.8 Å². The van der Waals surface area contributed by atoms with Crippen molar-refractivity contribution in [2.45, 2.75) is 30.7 Å². The highest BCUT2D eigenvalue weighted by Crippen LogP contribution is 2.32. The fourth-order valence-electron chi connectivity index (χ4n) is 3.02. The quantitative estimate of drug-likeness (QED) is 0.761. The van der Waals surface area contributed by atoms with Gasteiger partial charge in [0.05, 0.1) is 5.60 Å². The molecule has 136 valence electrons. The van der Waals surface area contributed by atoms with Crippen LogP contribution in [0, 0.1) is 0 Å². The molecule has 25 heavy (non-hydrogen) atoms. The van der Waals surface area contributed by atoms with Crippen molar-refractivity contribution in [3.63, 3.8) is 0 Å². The van der Waals surface area contributed by atoms with E-state index < -0.39 is 17.7 Å². The van der Waals surface area contributed by atoms with Gasteiger partial charge in [-0.2, -0.15) is 18.2 Å². The van der Waals surface area contributed by atoms with E-state index in [9.17, 15) is 18.3 Å². The Morgan fingerprint density at radius 1 is 1.44 bits per heavy atom. The lowest BCUT2D eigenvalue weighted by atomic mass is 9.89. The van der Waals surface area contributed by atoms with Crippen LogP contribution in [0.2, 0.25) is 0 Å². The molecule has 9 heteroatoms. The van der Waals surface area contributed by atoms with Crippen molar-refractivity contribution in [1.82, 2.24) is 20.8 Å². The second-order valence-electron chi connectivity index (χ2n) is 6.24. The third-order valence-electron chi connectivity index (χ3n) is 4.37. The van der Waals surface area contributed by atoms with Crippen molar-refractivity contribution in [3.8, 4) is 11.4 Å². The second kappa shape index (κ2) is 6.74. The number of nitrogens with zero attached hydrogens (tertiary/aromatic N) is 2. The average Bonchev–Trinajstić information content (AvgIpc) is 3.22. The molecule has 6 nitrogen and oxygen atoms in total. The minimum atomic E-state index is -4.67. The number of hydrogen-bond acceptors (Lipinski definition) is 6. The van der Waals surface area contributed by atoms with Gasteiger partial charge in [-0.25, -0.2) is 0 Å². The lowest BCUT2D eigenvalue weighted by Crippen LogP contribution is -2.36. The average molecular weight is 356 g/mol. The highest BCUT2D eigenvalue weighted by molar-refractivity contribution is 5.55. The Labute approximate surface area is 142 Å². The first kappa shape index (κ1) is 17.8. The first-order valence-corrected chi connectivity index (χ1v) is 7.92. The number of halogens is 3. The zero-order valence-electron chi connectivity index (χ0n) is 13.6. The molecule has 0 saturated carbocycles. The molecule has 1 saturated heterocycles. The van der Waals surface area contributed by atoms with Crippen LogP contribution in [0.25, 0.3) is 11.4 Å². The molecule has 1 aromatic carbocycles. The molecule has 0 bridgehead atoms. The van der Waals surface area contributed by atoms with Crippen molar-refractivity contribution in [1.29, 1.82) is 0 Å². The number of rotatable bonds is 5. The molecule has 2 aromatic rings. The fourth-order valence-corrected chi connectivity index (χ4v) is 3.02. The van der Waals surface area contributed by atoms with Crippen LogP contribution in [0.1, 0.15) is 30.3 Å². The first-order chi connectivity index (χ1) is 11.8. The van der Waals surface area contributed by atoms with Gasteiger partial charge in [0.2, 0.25) is 5.82 Å². The highest BCUT2D eigenvalue weighted by atomic mass is 19.4. The van der Waals surface area contributed by atoms with Gasteiger partial charge in [-0.15, -0.1) is 0 Å². The van der Waals surface area contributed by atoms with Gasteiger partial charge >= 0.3 is 12.1 Å². The Morgan fingerprint density at radius 3 is 2.84 bits per heavy atom. The molecule has 2 atom stereocenters. The Morgan fingerprint density at radius 2 is 2.24 bits per heavy atom. The third-order valence-corrected chi connectivity index (χ3v) is 4.37. The molecule has 3 rings (SSSR count). The maximum Gasteiger partial charge on any atom is 0.471 e. The number of nitrogens with one attached hydrogen (secondary N) is 2. The predicted octanol–water partition coefficient (Wildman–Crippen LogP) is 2.13. The minimum absolute atomic E-state index is 0.120. The van der Waals surface area contributed by atoms with Crippen LogP contribution in [0.3, 0.4) is 0 Å². The van der Waals surface area contributed by atoms with Crippen molar-refractivity contribution in [3.05, 3.63) is 35.7 Å². The normalized spacial score (nSPS) is 22.3. The lowest BCUT2D eigenvalue weighted by molar-refractivity contribution is -0.159. The van der Waals surface area contributed by atoms with Gasteiger partial charge < -0.3 is 20.3 Å². The number of benzene rings is 1.